The highest BCUT2D eigenvalue weighted by molar-refractivity contribution is 5.69. The largest absolute Gasteiger partial charge is 0.465 e. The van der Waals surface area contributed by atoms with Crippen LogP contribution in [-0.4, -0.2) is 60.1 Å². The van der Waals surface area contributed by atoms with Gasteiger partial charge in [-0.3, -0.25) is 14.3 Å². The molecule has 2 aromatic rings. The Hall–Kier alpha value is -2.46. The van der Waals surface area contributed by atoms with E-state index in [0.717, 1.165) is 4.90 Å². The number of aromatic amines is 1. The van der Waals surface area contributed by atoms with Crippen LogP contribution >= 0.6 is 0 Å². The molecule has 3 heterocycles. The second-order valence-corrected chi connectivity index (χ2v) is 4.73. The van der Waals surface area contributed by atoms with Crippen molar-refractivity contribution in [3.05, 3.63) is 23.0 Å². The summed E-state index contributed by atoms with van der Waals surface area (Å²) in [6.45, 7) is 0. The molecule has 3 N–H and O–H groups in total. The third-order valence-electron chi connectivity index (χ3n) is 3.43. The minimum Gasteiger partial charge on any atom is -0.465 e. The van der Waals surface area contributed by atoms with Crippen LogP contribution in [-0.2, 0) is 4.74 Å². The minimum absolute atomic E-state index is 0.158. The molecule has 0 radical (unpaired) electrons. The van der Waals surface area contributed by atoms with E-state index in [0.29, 0.717) is 5.65 Å². The molecule has 1 amide bonds. The van der Waals surface area contributed by atoms with Gasteiger partial charge in [0.15, 0.2) is 17.4 Å². The predicted octanol–water partition coefficient (Wildman–Crippen LogP) is -0.665. The summed E-state index contributed by atoms with van der Waals surface area (Å²) in [5.41, 5.74) is 0.0942. The predicted molar refractivity (Wildman–Crippen MR) is 68.5 cm³/mol. The molecule has 1 aliphatic heterocycles. The molecule has 0 unspecified atom stereocenters. The summed E-state index contributed by atoms with van der Waals surface area (Å²) in [4.78, 5) is 33.8. The number of hydrogen-bond acceptors (Lipinski definition) is 6. The van der Waals surface area contributed by atoms with Gasteiger partial charge in [0.1, 0.15) is 12.3 Å². The molecule has 0 spiro atoms. The van der Waals surface area contributed by atoms with Crippen molar-refractivity contribution in [2.24, 2.45) is 0 Å². The maximum Gasteiger partial charge on any atom is 0.409 e. The fraction of sp³-hybridized carbons (Fsp3) is 0.455. The molecule has 0 aromatic carbocycles. The van der Waals surface area contributed by atoms with E-state index in [1.54, 1.807) is 0 Å². The summed E-state index contributed by atoms with van der Waals surface area (Å²) in [7, 11) is 1.31. The quantitative estimate of drug-likeness (QED) is 0.669. The van der Waals surface area contributed by atoms with Gasteiger partial charge in [-0.2, -0.15) is 0 Å². The molecule has 3 atom stereocenters. The van der Waals surface area contributed by atoms with Gasteiger partial charge in [-0.05, 0) is 0 Å². The Morgan fingerprint density at radius 3 is 3.05 bits per heavy atom. The summed E-state index contributed by atoms with van der Waals surface area (Å²) in [5, 5.41) is 18.9. The maximum absolute atomic E-state index is 11.6. The lowest BCUT2D eigenvalue weighted by atomic mass is 10.2. The standard InChI is InChI=1S/C11H13N5O5/c1-15(11(19)20)10-5(17)2-6(21-10)16-4-14-7-8(16)12-3-13-9(7)18/h3-6,10,17H,2H2,1H3,(H,19,20)(H,12,13,18)/t5-,6-,10-/m1/s1. The van der Waals surface area contributed by atoms with Crippen molar-refractivity contribution in [1.82, 2.24) is 24.4 Å². The van der Waals surface area contributed by atoms with Crippen LogP contribution in [0.5, 0.6) is 0 Å². The van der Waals surface area contributed by atoms with Gasteiger partial charge < -0.3 is 19.9 Å². The monoisotopic (exact) mass is 295 g/mol. The number of ether oxygens (including phenoxy) is 1. The number of nitrogens with zero attached hydrogens (tertiary/aromatic N) is 4. The molecule has 1 fully saturated rings. The Morgan fingerprint density at radius 1 is 1.57 bits per heavy atom. The molecule has 0 bridgehead atoms. The first-order valence-corrected chi connectivity index (χ1v) is 6.18. The van der Waals surface area contributed by atoms with Crippen molar-refractivity contribution in [3.63, 3.8) is 0 Å². The topological polar surface area (TPSA) is 134 Å². The lowest BCUT2D eigenvalue weighted by Gasteiger charge is -2.23. The van der Waals surface area contributed by atoms with Gasteiger partial charge in [-0.1, -0.05) is 0 Å². The summed E-state index contributed by atoms with van der Waals surface area (Å²) >= 11 is 0. The summed E-state index contributed by atoms with van der Waals surface area (Å²) in [5.74, 6) is 0. The van der Waals surface area contributed by atoms with Crippen molar-refractivity contribution >= 4 is 17.3 Å². The van der Waals surface area contributed by atoms with Crippen molar-refractivity contribution in [1.29, 1.82) is 0 Å². The number of fused-ring (bicyclic) bond motifs is 1. The number of nitrogens with one attached hydrogen (secondary N) is 1. The number of rotatable bonds is 2. The summed E-state index contributed by atoms with van der Waals surface area (Å²) in [6, 6.07) is 0. The highest BCUT2D eigenvalue weighted by Crippen LogP contribution is 2.31. The third-order valence-corrected chi connectivity index (χ3v) is 3.43. The highest BCUT2D eigenvalue weighted by Gasteiger charge is 2.39. The number of H-pyrrole nitrogens is 1. The average Bonchev–Trinajstić information content (AvgIpc) is 3.02. The van der Waals surface area contributed by atoms with Crippen LogP contribution in [0.2, 0.25) is 0 Å². The Labute approximate surface area is 117 Å². The fourth-order valence-electron chi connectivity index (χ4n) is 2.34. The van der Waals surface area contributed by atoms with Crippen molar-refractivity contribution in [2.45, 2.75) is 25.0 Å². The van der Waals surface area contributed by atoms with Crippen molar-refractivity contribution in [3.8, 4) is 0 Å². The van der Waals surface area contributed by atoms with Crippen molar-refractivity contribution in [2.75, 3.05) is 7.05 Å². The lowest BCUT2D eigenvalue weighted by Crippen LogP contribution is -2.41. The van der Waals surface area contributed by atoms with Crippen LogP contribution in [0, 0.1) is 0 Å². The molecule has 3 rings (SSSR count). The Balaban J connectivity index is 1.93. The van der Waals surface area contributed by atoms with Gasteiger partial charge in [-0.15, -0.1) is 0 Å². The molecule has 112 valence electrons. The van der Waals surface area contributed by atoms with E-state index < -0.39 is 24.7 Å². The molecule has 0 saturated carbocycles. The van der Waals surface area contributed by atoms with Gasteiger partial charge in [0, 0.05) is 13.5 Å². The van der Waals surface area contributed by atoms with E-state index in [9.17, 15) is 14.7 Å². The first kappa shape index (κ1) is 13.5. The maximum atomic E-state index is 11.6. The van der Waals surface area contributed by atoms with E-state index in [1.807, 2.05) is 0 Å². The Kier molecular flexibility index (Phi) is 3.11. The van der Waals surface area contributed by atoms with Crippen LogP contribution in [0.4, 0.5) is 4.79 Å². The fourth-order valence-corrected chi connectivity index (χ4v) is 2.34. The normalized spacial score (nSPS) is 25.3. The van der Waals surface area contributed by atoms with Gasteiger partial charge in [-0.25, -0.2) is 14.8 Å². The SMILES string of the molecule is CN(C(=O)O)[C@@H]1O[C@@H](n2cnc3c(=O)[nH]cnc32)C[C@H]1O. The number of carbonyl (C=O) groups is 1. The van der Waals surface area contributed by atoms with E-state index >= 15 is 0 Å². The number of aromatic nitrogens is 4. The van der Waals surface area contributed by atoms with Gasteiger partial charge in [0.25, 0.3) is 5.56 Å². The zero-order valence-corrected chi connectivity index (χ0v) is 11.0. The molecule has 21 heavy (non-hydrogen) atoms. The number of amides is 1. The second-order valence-electron chi connectivity index (χ2n) is 4.73. The van der Waals surface area contributed by atoms with Gasteiger partial charge in [0.05, 0.1) is 12.7 Å². The molecule has 1 saturated heterocycles. The molecule has 10 nitrogen and oxygen atoms in total. The smallest absolute Gasteiger partial charge is 0.409 e. The molecule has 1 aliphatic rings. The lowest BCUT2D eigenvalue weighted by molar-refractivity contribution is -0.0850. The first-order valence-electron chi connectivity index (χ1n) is 6.18. The van der Waals surface area contributed by atoms with E-state index in [4.69, 9.17) is 9.84 Å². The number of aliphatic hydroxyl groups excluding tert-OH is 1. The van der Waals surface area contributed by atoms with Crippen molar-refractivity contribution < 1.29 is 19.7 Å². The summed E-state index contributed by atoms with van der Waals surface area (Å²) in [6.07, 6.45) is -1.01. The van der Waals surface area contributed by atoms with Crippen LogP contribution in [0.25, 0.3) is 11.2 Å². The van der Waals surface area contributed by atoms with Crippen LogP contribution < -0.4 is 5.56 Å². The number of likely N-dealkylation sites (N-methyl/N-ethyl adjacent to an activating group) is 1. The minimum atomic E-state index is -1.20. The number of carboxylic acid groups (broad SMARTS) is 1. The van der Waals surface area contributed by atoms with Crippen LogP contribution in [0.1, 0.15) is 12.6 Å². The average molecular weight is 295 g/mol. The number of aliphatic hydroxyl groups is 1. The molecule has 0 aliphatic carbocycles. The molecule has 2 aromatic heterocycles. The van der Waals surface area contributed by atoms with Crippen LogP contribution in [0.15, 0.2) is 17.4 Å². The summed E-state index contributed by atoms with van der Waals surface area (Å²) < 4.78 is 7.06. The van der Waals surface area contributed by atoms with Gasteiger partial charge >= 0.3 is 6.09 Å². The van der Waals surface area contributed by atoms with E-state index in [-0.39, 0.29) is 17.5 Å². The molecular formula is C11H13N5O5. The second kappa shape index (κ2) is 4.82. The zero-order valence-electron chi connectivity index (χ0n) is 11.0. The van der Waals surface area contributed by atoms with Gasteiger partial charge in [0.2, 0.25) is 0 Å². The highest BCUT2D eigenvalue weighted by atomic mass is 16.6. The number of imidazole rings is 1. The zero-order chi connectivity index (χ0) is 15.1. The molecule has 10 heteroatoms. The van der Waals surface area contributed by atoms with E-state index in [2.05, 4.69) is 15.0 Å². The number of hydrogen-bond donors (Lipinski definition) is 3. The van der Waals surface area contributed by atoms with E-state index in [1.165, 1.54) is 24.3 Å². The van der Waals surface area contributed by atoms with Crippen LogP contribution in [0.3, 0.4) is 0 Å². The Morgan fingerprint density at radius 2 is 2.33 bits per heavy atom. The first-order chi connectivity index (χ1) is 9.99. The third kappa shape index (κ3) is 2.14. The Bertz CT molecular complexity index is 740. The molecular weight excluding hydrogens is 282 g/mol.